The van der Waals surface area contributed by atoms with Gasteiger partial charge >= 0.3 is 0 Å². The van der Waals surface area contributed by atoms with Crippen LogP contribution in [0.3, 0.4) is 0 Å². The topological polar surface area (TPSA) is 101 Å². The number of benzene rings is 3. The molecule has 0 aliphatic carbocycles. The maximum Gasteiger partial charge on any atom is 0.203 e. The van der Waals surface area contributed by atoms with Crippen molar-refractivity contribution in [3.63, 3.8) is 0 Å². The van der Waals surface area contributed by atoms with Gasteiger partial charge in [0.2, 0.25) is 5.75 Å². The molecule has 0 aliphatic rings. The lowest BCUT2D eigenvalue weighted by Gasteiger charge is -2.17. The molecule has 0 saturated heterocycles. The van der Waals surface area contributed by atoms with Crippen molar-refractivity contribution in [3.8, 4) is 51.6 Å². The van der Waals surface area contributed by atoms with Gasteiger partial charge in [-0.25, -0.2) is 0 Å². The summed E-state index contributed by atoms with van der Waals surface area (Å²) in [6.45, 7) is 0. The predicted octanol–water partition coefficient (Wildman–Crippen LogP) is 5.13. The third-order valence-corrected chi connectivity index (χ3v) is 5.25. The van der Waals surface area contributed by atoms with E-state index in [4.69, 9.17) is 19.9 Å². The van der Waals surface area contributed by atoms with Crippen LogP contribution in [0.15, 0.2) is 46.9 Å². The van der Waals surface area contributed by atoms with Gasteiger partial charge in [-0.1, -0.05) is 28.1 Å². The molecule has 0 amide bonds. The summed E-state index contributed by atoms with van der Waals surface area (Å²) in [6.07, 6.45) is 0. The molecule has 3 rings (SSSR count). The Labute approximate surface area is 183 Å². The number of nitrogens with two attached hydrogens (primary N) is 1. The van der Waals surface area contributed by atoms with Gasteiger partial charge in [0, 0.05) is 15.6 Å². The van der Waals surface area contributed by atoms with Crippen LogP contribution < -0.4 is 19.9 Å². The van der Waals surface area contributed by atoms with Gasteiger partial charge in [0.1, 0.15) is 12.1 Å². The van der Waals surface area contributed by atoms with E-state index in [-0.39, 0.29) is 16.8 Å². The smallest absolute Gasteiger partial charge is 0.203 e. The van der Waals surface area contributed by atoms with Gasteiger partial charge in [0.25, 0.3) is 0 Å². The Morgan fingerprint density at radius 2 is 1.27 bits per heavy atom. The number of methoxy groups -OCH3 is 3. The summed E-state index contributed by atoms with van der Waals surface area (Å²) in [7, 11) is 4.56. The van der Waals surface area contributed by atoms with E-state index in [0.29, 0.717) is 33.9 Å². The fourth-order valence-electron chi connectivity index (χ4n) is 3.27. The van der Waals surface area contributed by atoms with Crippen molar-refractivity contribution in [3.05, 3.63) is 58.1 Å². The Morgan fingerprint density at radius 1 is 0.767 bits per heavy atom. The molecule has 0 atom stereocenters. The minimum Gasteiger partial charge on any atom is -0.493 e. The van der Waals surface area contributed by atoms with Gasteiger partial charge in [0.05, 0.1) is 38.1 Å². The molecule has 0 bridgehead atoms. The largest absolute Gasteiger partial charge is 0.493 e. The number of anilines is 1. The first kappa shape index (κ1) is 21.0. The van der Waals surface area contributed by atoms with Crippen molar-refractivity contribution >= 4 is 21.6 Å². The Balaban J connectivity index is 2.37. The summed E-state index contributed by atoms with van der Waals surface area (Å²) >= 11 is 3.41. The van der Waals surface area contributed by atoms with Crippen molar-refractivity contribution in [2.45, 2.75) is 0 Å². The number of ether oxygens (including phenoxy) is 3. The number of nitrogen functional groups attached to an aromatic ring is 1. The van der Waals surface area contributed by atoms with Gasteiger partial charge in [-0.3, -0.25) is 0 Å². The van der Waals surface area contributed by atoms with Crippen LogP contribution in [0.1, 0.15) is 11.1 Å². The van der Waals surface area contributed by atoms with Gasteiger partial charge in [0.15, 0.2) is 11.5 Å². The lowest BCUT2D eigenvalue weighted by Crippen LogP contribution is -2.01. The summed E-state index contributed by atoms with van der Waals surface area (Å²) in [5.74, 6) is 1.34. The molecule has 0 unspecified atom stereocenters. The number of halogens is 1. The van der Waals surface area contributed by atoms with Crippen LogP contribution in [0.25, 0.3) is 22.3 Å². The van der Waals surface area contributed by atoms with Gasteiger partial charge in [-0.05, 0) is 41.5 Å². The van der Waals surface area contributed by atoms with E-state index >= 15 is 0 Å². The zero-order chi connectivity index (χ0) is 21.8. The van der Waals surface area contributed by atoms with Gasteiger partial charge < -0.3 is 19.9 Å². The summed E-state index contributed by atoms with van der Waals surface area (Å²) in [5.41, 5.74) is 9.50. The highest BCUT2D eigenvalue weighted by atomic mass is 79.9. The molecule has 3 aromatic rings. The van der Waals surface area contributed by atoms with Crippen LogP contribution in [-0.4, -0.2) is 21.3 Å². The van der Waals surface area contributed by atoms with Gasteiger partial charge in [-0.2, -0.15) is 10.5 Å². The van der Waals surface area contributed by atoms with E-state index in [9.17, 15) is 10.5 Å². The molecule has 0 heterocycles. The second kappa shape index (κ2) is 8.77. The first-order chi connectivity index (χ1) is 14.5. The summed E-state index contributed by atoms with van der Waals surface area (Å²) in [4.78, 5) is 0. The summed E-state index contributed by atoms with van der Waals surface area (Å²) in [6, 6.07) is 17.1. The van der Waals surface area contributed by atoms with Crippen LogP contribution in [0.4, 0.5) is 5.69 Å². The number of hydrogen-bond acceptors (Lipinski definition) is 6. The Bertz CT molecular complexity index is 1170. The lowest BCUT2D eigenvalue weighted by atomic mass is 9.89. The number of nitrogens with zero attached hydrogens (tertiary/aromatic N) is 2. The molecular formula is C23H18BrN3O3. The second-order valence-electron chi connectivity index (χ2n) is 6.28. The number of rotatable bonds is 5. The molecular weight excluding hydrogens is 446 g/mol. The maximum absolute atomic E-state index is 9.80. The molecule has 30 heavy (non-hydrogen) atoms. The molecule has 0 radical (unpaired) electrons. The summed E-state index contributed by atoms with van der Waals surface area (Å²) < 4.78 is 17.2. The Morgan fingerprint density at radius 3 is 1.70 bits per heavy atom. The van der Waals surface area contributed by atoms with E-state index in [2.05, 4.69) is 28.1 Å². The Hall–Kier alpha value is -3.68. The fraction of sp³-hybridized carbons (Fsp3) is 0.130. The molecule has 3 aromatic carbocycles. The van der Waals surface area contributed by atoms with Crippen LogP contribution in [0.5, 0.6) is 17.2 Å². The van der Waals surface area contributed by atoms with E-state index < -0.39 is 0 Å². The average Bonchev–Trinajstić information content (AvgIpc) is 2.77. The number of nitriles is 2. The molecule has 7 heteroatoms. The molecule has 0 aliphatic heterocycles. The molecule has 0 spiro atoms. The highest BCUT2D eigenvalue weighted by Crippen LogP contribution is 2.44. The lowest BCUT2D eigenvalue weighted by molar-refractivity contribution is 0.324. The van der Waals surface area contributed by atoms with Crippen LogP contribution in [0, 0.1) is 22.7 Å². The van der Waals surface area contributed by atoms with Crippen LogP contribution in [0.2, 0.25) is 0 Å². The zero-order valence-corrected chi connectivity index (χ0v) is 18.2. The first-order valence-corrected chi connectivity index (χ1v) is 9.61. The van der Waals surface area contributed by atoms with Crippen LogP contribution in [-0.2, 0) is 0 Å². The highest BCUT2D eigenvalue weighted by Gasteiger charge is 2.21. The first-order valence-electron chi connectivity index (χ1n) is 8.82. The third kappa shape index (κ3) is 3.63. The zero-order valence-electron chi connectivity index (χ0n) is 16.6. The molecule has 0 fully saturated rings. The van der Waals surface area contributed by atoms with Crippen molar-refractivity contribution in [2.75, 3.05) is 27.1 Å². The quantitative estimate of drug-likeness (QED) is 0.525. The van der Waals surface area contributed by atoms with Crippen molar-refractivity contribution in [2.24, 2.45) is 0 Å². The van der Waals surface area contributed by atoms with Crippen molar-refractivity contribution in [1.82, 2.24) is 0 Å². The minimum absolute atomic E-state index is 0.129. The maximum atomic E-state index is 9.80. The monoisotopic (exact) mass is 463 g/mol. The third-order valence-electron chi connectivity index (χ3n) is 4.72. The molecule has 150 valence electrons. The fourth-order valence-corrected chi connectivity index (χ4v) is 3.53. The molecule has 2 N–H and O–H groups in total. The van der Waals surface area contributed by atoms with Crippen molar-refractivity contribution in [1.29, 1.82) is 10.5 Å². The molecule has 6 nitrogen and oxygen atoms in total. The Kier molecular flexibility index (Phi) is 6.15. The van der Waals surface area contributed by atoms with Crippen LogP contribution >= 0.6 is 15.9 Å². The SMILES string of the molecule is COc1cc(-c2cc(-c3ccc(Br)cc3)c(C#N)c(N)c2C#N)cc(OC)c1OC. The minimum atomic E-state index is 0.129. The number of hydrogen-bond donors (Lipinski definition) is 1. The predicted molar refractivity (Wildman–Crippen MR) is 119 cm³/mol. The summed E-state index contributed by atoms with van der Waals surface area (Å²) in [5, 5.41) is 19.5. The van der Waals surface area contributed by atoms with E-state index in [0.717, 1.165) is 10.0 Å². The van der Waals surface area contributed by atoms with Crippen molar-refractivity contribution < 1.29 is 14.2 Å². The molecule has 0 saturated carbocycles. The average molecular weight is 464 g/mol. The molecule has 0 aromatic heterocycles. The standard InChI is InChI=1S/C23H18BrN3O3/c1-28-20-8-14(9-21(29-2)23(20)30-3)17-10-16(13-4-6-15(24)7-5-13)18(11-25)22(27)19(17)12-26/h4-10H,27H2,1-3H3. The normalized spacial score (nSPS) is 10.1. The van der Waals surface area contributed by atoms with E-state index in [1.165, 1.54) is 21.3 Å². The van der Waals surface area contributed by atoms with Gasteiger partial charge in [-0.15, -0.1) is 0 Å². The highest BCUT2D eigenvalue weighted by molar-refractivity contribution is 9.10. The van der Waals surface area contributed by atoms with E-state index in [1.807, 2.05) is 24.3 Å². The second-order valence-corrected chi connectivity index (χ2v) is 7.20. The van der Waals surface area contributed by atoms with E-state index in [1.54, 1.807) is 18.2 Å².